The molecule has 1 amide bonds. The van der Waals surface area contributed by atoms with Gasteiger partial charge in [-0.2, -0.15) is 0 Å². The first-order valence-corrected chi connectivity index (χ1v) is 9.88. The van der Waals surface area contributed by atoms with Crippen LogP contribution in [0.15, 0.2) is 18.2 Å². The van der Waals surface area contributed by atoms with E-state index in [4.69, 9.17) is 5.73 Å². The minimum Gasteiger partial charge on any atom is -0.334 e. The molecule has 3 rings (SSSR count). The van der Waals surface area contributed by atoms with Gasteiger partial charge in [0.1, 0.15) is 0 Å². The van der Waals surface area contributed by atoms with E-state index < -0.39 is 10.0 Å². The fourth-order valence-electron chi connectivity index (χ4n) is 3.55. The number of sulfonamides is 1. The number of nitrogens with zero attached hydrogens (tertiary/aromatic N) is 2. The Kier molecular flexibility index (Phi) is 5.78. The third-order valence-electron chi connectivity index (χ3n) is 4.71. The number of amides is 1. The molecular weight excluding hydrogens is 350 g/mol. The highest BCUT2D eigenvalue weighted by Gasteiger charge is 2.30. The highest BCUT2D eigenvalue weighted by atomic mass is 35.5. The zero-order chi connectivity index (χ0) is 16.6. The summed E-state index contributed by atoms with van der Waals surface area (Å²) >= 11 is 0. The van der Waals surface area contributed by atoms with E-state index in [0.29, 0.717) is 24.3 Å². The third kappa shape index (κ3) is 3.53. The normalized spacial score (nSPS) is 20.5. The van der Waals surface area contributed by atoms with Crippen molar-refractivity contribution in [3.8, 4) is 0 Å². The van der Waals surface area contributed by atoms with Crippen LogP contribution in [-0.2, 0) is 16.4 Å². The summed E-state index contributed by atoms with van der Waals surface area (Å²) in [5, 5.41) is 0. The molecule has 24 heavy (non-hydrogen) atoms. The summed E-state index contributed by atoms with van der Waals surface area (Å²) in [5.74, 6) is -0.00257. The van der Waals surface area contributed by atoms with E-state index >= 15 is 0 Å². The van der Waals surface area contributed by atoms with Gasteiger partial charge in [-0.05, 0) is 49.4 Å². The summed E-state index contributed by atoms with van der Waals surface area (Å²) in [6.45, 7) is 1.73. The highest BCUT2D eigenvalue weighted by Crippen LogP contribution is 2.30. The van der Waals surface area contributed by atoms with Crippen LogP contribution in [0.5, 0.6) is 0 Å². The van der Waals surface area contributed by atoms with Crippen molar-refractivity contribution < 1.29 is 13.2 Å². The van der Waals surface area contributed by atoms with Gasteiger partial charge < -0.3 is 10.6 Å². The molecule has 2 aliphatic heterocycles. The molecule has 2 aliphatic rings. The molecule has 1 saturated heterocycles. The molecule has 0 aliphatic carbocycles. The predicted molar refractivity (Wildman–Crippen MR) is 97.3 cm³/mol. The lowest BCUT2D eigenvalue weighted by Gasteiger charge is -2.30. The molecule has 1 unspecified atom stereocenters. The molecule has 2 N–H and O–H groups in total. The number of likely N-dealkylation sites (tertiary alicyclic amines) is 1. The first kappa shape index (κ1) is 19.0. The molecule has 1 fully saturated rings. The SMILES string of the molecule is CS(=O)(=O)N1CCCc2cc(C(=O)N3CCCC3CN)ccc21.Cl. The Labute approximate surface area is 149 Å². The highest BCUT2D eigenvalue weighted by molar-refractivity contribution is 7.92. The summed E-state index contributed by atoms with van der Waals surface area (Å²) in [5.41, 5.74) is 8.00. The average Bonchev–Trinajstić information content (AvgIpc) is 3.00. The molecule has 0 radical (unpaired) electrons. The van der Waals surface area contributed by atoms with Crippen molar-refractivity contribution in [1.82, 2.24) is 4.90 Å². The second-order valence-electron chi connectivity index (χ2n) is 6.31. The fraction of sp³-hybridized carbons (Fsp3) is 0.562. The van der Waals surface area contributed by atoms with Crippen molar-refractivity contribution in [3.05, 3.63) is 29.3 Å². The molecule has 134 valence electrons. The van der Waals surface area contributed by atoms with Crippen LogP contribution in [0, 0.1) is 0 Å². The van der Waals surface area contributed by atoms with Gasteiger partial charge in [-0.1, -0.05) is 0 Å². The third-order valence-corrected chi connectivity index (χ3v) is 5.89. The molecule has 2 heterocycles. The number of carbonyl (C=O) groups is 1. The molecule has 6 nitrogen and oxygen atoms in total. The molecule has 0 spiro atoms. The summed E-state index contributed by atoms with van der Waals surface area (Å²) in [6.07, 6.45) is 4.72. The monoisotopic (exact) mass is 373 g/mol. The topological polar surface area (TPSA) is 83.7 Å². The van der Waals surface area contributed by atoms with Crippen molar-refractivity contribution in [2.75, 3.05) is 30.2 Å². The van der Waals surface area contributed by atoms with Crippen LogP contribution in [0.2, 0.25) is 0 Å². The van der Waals surface area contributed by atoms with Gasteiger partial charge in [0, 0.05) is 31.2 Å². The van der Waals surface area contributed by atoms with E-state index in [0.717, 1.165) is 37.8 Å². The van der Waals surface area contributed by atoms with Gasteiger partial charge in [0.15, 0.2) is 0 Å². The van der Waals surface area contributed by atoms with Gasteiger partial charge in [-0.15, -0.1) is 12.4 Å². The summed E-state index contributed by atoms with van der Waals surface area (Å²) in [7, 11) is -3.28. The Morgan fingerprint density at radius 3 is 2.71 bits per heavy atom. The summed E-state index contributed by atoms with van der Waals surface area (Å²) < 4.78 is 25.2. The van der Waals surface area contributed by atoms with Crippen molar-refractivity contribution in [2.24, 2.45) is 5.73 Å². The van der Waals surface area contributed by atoms with E-state index in [2.05, 4.69) is 0 Å². The molecular formula is C16H24ClN3O3S. The second kappa shape index (κ2) is 7.29. The van der Waals surface area contributed by atoms with E-state index in [1.165, 1.54) is 10.6 Å². The number of benzene rings is 1. The van der Waals surface area contributed by atoms with Gasteiger partial charge in [-0.3, -0.25) is 9.10 Å². The van der Waals surface area contributed by atoms with Gasteiger partial charge in [0.05, 0.1) is 11.9 Å². The Balaban J connectivity index is 0.00000208. The number of aryl methyl sites for hydroxylation is 1. The van der Waals surface area contributed by atoms with Crippen LogP contribution in [0.3, 0.4) is 0 Å². The zero-order valence-corrected chi connectivity index (χ0v) is 15.4. The molecule has 0 bridgehead atoms. The number of rotatable bonds is 3. The van der Waals surface area contributed by atoms with E-state index in [9.17, 15) is 13.2 Å². The van der Waals surface area contributed by atoms with Gasteiger partial charge in [0.2, 0.25) is 10.0 Å². The maximum Gasteiger partial charge on any atom is 0.254 e. The largest absolute Gasteiger partial charge is 0.334 e. The lowest BCUT2D eigenvalue weighted by molar-refractivity contribution is 0.0741. The van der Waals surface area contributed by atoms with Crippen LogP contribution >= 0.6 is 12.4 Å². The van der Waals surface area contributed by atoms with E-state index in [1.54, 1.807) is 12.1 Å². The van der Waals surface area contributed by atoms with E-state index in [-0.39, 0.29) is 24.4 Å². The fourth-order valence-corrected chi connectivity index (χ4v) is 4.55. The lowest BCUT2D eigenvalue weighted by atomic mass is 10.00. The predicted octanol–water partition coefficient (Wildman–Crippen LogP) is 1.38. The van der Waals surface area contributed by atoms with Crippen molar-refractivity contribution in [2.45, 2.75) is 31.7 Å². The van der Waals surface area contributed by atoms with Crippen LogP contribution < -0.4 is 10.0 Å². The smallest absolute Gasteiger partial charge is 0.254 e. The van der Waals surface area contributed by atoms with Crippen molar-refractivity contribution in [3.63, 3.8) is 0 Å². The average molecular weight is 374 g/mol. The number of fused-ring (bicyclic) bond motifs is 1. The van der Waals surface area contributed by atoms with Crippen LogP contribution in [0.1, 0.15) is 35.2 Å². The second-order valence-corrected chi connectivity index (χ2v) is 8.22. The van der Waals surface area contributed by atoms with Crippen LogP contribution in [0.4, 0.5) is 5.69 Å². The van der Waals surface area contributed by atoms with Crippen LogP contribution in [0.25, 0.3) is 0 Å². The summed E-state index contributed by atoms with van der Waals surface area (Å²) in [6, 6.07) is 5.46. The summed E-state index contributed by atoms with van der Waals surface area (Å²) in [4.78, 5) is 14.6. The molecule has 1 aromatic rings. The number of halogens is 1. The number of hydrogen-bond donors (Lipinski definition) is 1. The molecule has 8 heteroatoms. The number of carbonyl (C=O) groups excluding carboxylic acids is 1. The minimum atomic E-state index is -3.28. The minimum absolute atomic E-state index is 0. The maximum atomic E-state index is 12.7. The quantitative estimate of drug-likeness (QED) is 0.867. The van der Waals surface area contributed by atoms with Gasteiger partial charge >= 0.3 is 0 Å². The standard InChI is InChI=1S/C16H23N3O3S.ClH/c1-23(21,22)19-9-2-4-12-10-13(6-7-15(12)19)16(20)18-8-3-5-14(18)11-17;/h6-7,10,14H,2-5,8-9,11,17H2,1H3;1H. The first-order chi connectivity index (χ1) is 10.9. The first-order valence-electron chi connectivity index (χ1n) is 8.03. The Morgan fingerprint density at radius 1 is 1.29 bits per heavy atom. The maximum absolute atomic E-state index is 12.7. The number of anilines is 1. The Bertz CT molecular complexity index is 723. The molecule has 1 aromatic carbocycles. The zero-order valence-electron chi connectivity index (χ0n) is 13.8. The number of nitrogens with two attached hydrogens (primary N) is 1. The van der Waals surface area contributed by atoms with Crippen molar-refractivity contribution >= 4 is 34.0 Å². The molecule has 0 aromatic heterocycles. The number of hydrogen-bond acceptors (Lipinski definition) is 4. The Morgan fingerprint density at radius 2 is 2.04 bits per heavy atom. The van der Waals surface area contributed by atoms with Gasteiger partial charge in [-0.25, -0.2) is 8.42 Å². The van der Waals surface area contributed by atoms with Crippen molar-refractivity contribution in [1.29, 1.82) is 0 Å². The molecule has 0 saturated carbocycles. The Hall–Kier alpha value is -1.31. The lowest BCUT2D eigenvalue weighted by Crippen LogP contribution is -2.40. The van der Waals surface area contributed by atoms with Crippen LogP contribution in [-0.4, -0.2) is 51.2 Å². The van der Waals surface area contributed by atoms with E-state index in [1.807, 2.05) is 11.0 Å². The van der Waals surface area contributed by atoms with Gasteiger partial charge in [0.25, 0.3) is 5.91 Å². The molecule has 1 atom stereocenters.